The zero-order valence-corrected chi connectivity index (χ0v) is 17.1. The molecule has 4 heteroatoms. The third kappa shape index (κ3) is 3.64. The number of aromatic nitrogens is 1. The van der Waals surface area contributed by atoms with Crippen molar-refractivity contribution in [3.8, 4) is 11.3 Å². The van der Waals surface area contributed by atoms with E-state index in [4.69, 9.17) is 16.6 Å². The average molecular weight is 393 g/mol. The summed E-state index contributed by atoms with van der Waals surface area (Å²) < 4.78 is 0. The van der Waals surface area contributed by atoms with Crippen LogP contribution in [0, 0.1) is 12.8 Å². The number of rotatable bonds is 3. The largest absolute Gasteiger partial charge is 0.349 e. The molecule has 1 aromatic heterocycles. The lowest BCUT2D eigenvalue weighted by molar-refractivity contribution is 0.0911. The predicted molar refractivity (Wildman–Crippen MR) is 116 cm³/mol. The lowest BCUT2D eigenvalue weighted by atomic mass is 9.85. The van der Waals surface area contributed by atoms with Gasteiger partial charge in [-0.05, 0) is 49.4 Å². The zero-order valence-electron chi connectivity index (χ0n) is 16.3. The SMILES string of the molecule is Cc1c(-c2cccc(Cl)c2)nc2ccccc2c1C(=O)N[C@@H]1CCCC[C@@H]1C. The summed E-state index contributed by atoms with van der Waals surface area (Å²) in [4.78, 5) is 18.2. The first-order valence-electron chi connectivity index (χ1n) is 10.0. The highest BCUT2D eigenvalue weighted by atomic mass is 35.5. The highest BCUT2D eigenvalue weighted by molar-refractivity contribution is 6.30. The van der Waals surface area contributed by atoms with Gasteiger partial charge in [-0.15, -0.1) is 0 Å². The fourth-order valence-corrected chi connectivity index (χ4v) is 4.48. The normalized spacial score (nSPS) is 19.5. The van der Waals surface area contributed by atoms with Crippen molar-refractivity contribution in [2.75, 3.05) is 0 Å². The van der Waals surface area contributed by atoms with Crippen LogP contribution < -0.4 is 5.32 Å². The number of amides is 1. The molecule has 0 radical (unpaired) electrons. The molecule has 1 aliphatic rings. The Bertz CT molecular complexity index is 1030. The number of nitrogens with one attached hydrogen (secondary N) is 1. The van der Waals surface area contributed by atoms with Gasteiger partial charge in [0.15, 0.2) is 0 Å². The van der Waals surface area contributed by atoms with Crippen LogP contribution in [0.1, 0.15) is 48.5 Å². The number of pyridine rings is 1. The minimum Gasteiger partial charge on any atom is -0.349 e. The fourth-order valence-electron chi connectivity index (χ4n) is 4.29. The maximum atomic E-state index is 13.4. The third-order valence-corrected chi connectivity index (χ3v) is 6.12. The molecule has 1 fully saturated rings. The topological polar surface area (TPSA) is 42.0 Å². The Balaban J connectivity index is 1.82. The Morgan fingerprint density at radius 3 is 2.68 bits per heavy atom. The Hall–Kier alpha value is -2.39. The quantitative estimate of drug-likeness (QED) is 0.578. The van der Waals surface area contributed by atoms with E-state index in [1.54, 1.807) is 0 Å². The highest BCUT2D eigenvalue weighted by Gasteiger charge is 2.26. The average Bonchev–Trinajstić information content (AvgIpc) is 2.69. The van der Waals surface area contributed by atoms with Gasteiger partial charge in [0.25, 0.3) is 5.91 Å². The molecule has 2 atom stereocenters. The molecule has 28 heavy (non-hydrogen) atoms. The lowest BCUT2D eigenvalue weighted by Crippen LogP contribution is -2.41. The van der Waals surface area contributed by atoms with Crippen molar-refractivity contribution in [3.05, 3.63) is 64.7 Å². The molecule has 0 unspecified atom stereocenters. The number of benzene rings is 2. The van der Waals surface area contributed by atoms with Gasteiger partial charge in [-0.1, -0.05) is 61.7 Å². The van der Waals surface area contributed by atoms with Crippen LogP contribution in [0.3, 0.4) is 0 Å². The number of para-hydroxylation sites is 1. The second-order valence-corrected chi connectivity index (χ2v) is 8.27. The Labute approximate surface area is 171 Å². The van der Waals surface area contributed by atoms with Crippen molar-refractivity contribution in [3.63, 3.8) is 0 Å². The summed E-state index contributed by atoms with van der Waals surface area (Å²) >= 11 is 6.21. The van der Waals surface area contributed by atoms with Crippen LogP contribution in [-0.2, 0) is 0 Å². The summed E-state index contributed by atoms with van der Waals surface area (Å²) in [5.41, 5.74) is 4.17. The molecule has 1 N–H and O–H groups in total. The van der Waals surface area contributed by atoms with Crippen molar-refractivity contribution in [1.82, 2.24) is 10.3 Å². The molecule has 0 saturated heterocycles. The summed E-state index contributed by atoms with van der Waals surface area (Å²) in [5, 5.41) is 4.87. The minimum absolute atomic E-state index is 0.00173. The first-order valence-corrected chi connectivity index (χ1v) is 10.4. The number of hydrogen-bond donors (Lipinski definition) is 1. The molecule has 0 aliphatic heterocycles. The molecule has 1 heterocycles. The summed E-state index contributed by atoms with van der Waals surface area (Å²) in [7, 11) is 0. The van der Waals surface area contributed by atoms with Crippen molar-refractivity contribution < 1.29 is 4.79 Å². The molecule has 0 bridgehead atoms. The van der Waals surface area contributed by atoms with Crippen LogP contribution >= 0.6 is 11.6 Å². The van der Waals surface area contributed by atoms with E-state index in [0.717, 1.165) is 39.7 Å². The summed E-state index contributed by atoms with van der Waals surface area (Å²) in [6, 6.07) is 15.7. The standard InChI is InChI=1S/C24H25ClN2O/c1-15-8-3-5-12-20(15)27-24(28)22-16(2)23(17-9-7-10-18(25)14-17)26-21-13-6-4-11-19(21)22/h4,6-7,9-11,13-15,20H,3,5,8,12H2,1-2H3,(H,27,28)/t15-,20+/m0/s1. The second-order valence-electron chi connectivity index (χ2n) is 7.83. The van der Waals surface area contributed by atoms with Gasteiger partial charge in [-0.25, -0.2) is 4.98 Å². The summed E-state index contributed by atoms with van der Waals surface area (Å²) in [5.74, 6) is 0.511. The van der Waals surface area contributed by atoms with Crippen molar-refractivity contribution in [1.29, 1.82) is 0 Å². The van der Waals surface area contributed by atoms with Crippen LogP contribution in [0.25, 0.3) is 22.2 Å². The molecule has 0 spiro atoms. The first kappa shape index (κ1) is 18.9. The number of nitrogens with zero attached hydrogens (tertiary/aromatic N) is 1. The third-order valence-electron chi connectivity index (χ3n) is 5.89. The number of fused-ring (bicyclic) bond motifs is 1. The van der Waals surface area contributed by atoms with Gasteiger partial charge >= 0.3 is 0 Å². The maximum Gasteiger partial charge on any atom is 0.252 e. The Kier molecular flexibility index (Phi) is 5.36. The number of halogens is 1. The molecule has 1 amide bonds. The molecule has 1 aliphatic carbocycles. The predicted octanol–water partition coefficient (Wildman–Crippen LogP) is 6.17. The van der Waals surface area contributed by atoms with Gasteiger partial charge < -0.3 is 5.32 Å². The maximum absolute atomic E-state index is 13.4. The van der Waals surface area contributed by atoms with E-state index in [1.165, 1.54) is 19.3 Å². The molecule has 1 saturated carbocycles. The minimum atomic E-state index is -0.00173. The molecule has 4 rings (SSSR count). The van der Waals surface area contributed by atoms with Crippen molar-refractivity contribution >= 4 is 28.4 Å². The Morgan fingerprint density at radius 1 is 1.11 bits per heavy atom. The monoisotopic (exact) mass is 392 g/mol. The second kappa shape index (κ2) is 7.92. The lowest BCUT2D eigenvalue weighted by Gasteiger charge is -2.30. The van der Waals surface area contributed by atoms with Crippen molar-refractivity contribution in [2.24, 2.45) is 5.92 Å². The van der Waals surface area contributed by atoms with E-state index in [2.05, 4.69) is 12.2 Å². The van der Waals surface area contributed by atoms with E-state index >= 15 is 0 Å². The van der Waals surface area contributed by atoms with E-state index in [-0.39, 0.29) is 11.9 Å². The van der Waals surface area contributed by atoms with Crippen LogP contribution in [0.4, 0.5) is 0 Å². The smallest absolute Gasteiger partial charge is 0.252 e. The highest BCUT2D eigenvalue weighted by Crippen LogP contribution is 2.31. The van der Waals surface area contributed by atoms with Gasteiger partial charge in [0.1, 0.15) is 0 Å². The van der Waals surface area contributed by atoms with Gasteiger partial charge in [-0.2, -0.15) is 0 Å². The van der Waals surface area contributed by atoms with Crippen LogP contribution in [-0.4, -0.2) is 16.9 Å². The Morgan fingerprint density at radius 2 is 1.89 bits per heavy atom. The van der Waals surface area contributed by atoms with Gasteiger partial charge in [-0.3, -0.25) is 4.79 Å². The van der Waals surface area contributed by atoms with E-state index < -0.39 is 0 Å². The summed E-state index contributed by atoms with van der Waals surface area (Å²) in [6.45, 7) is 4.22. The van der Waals surface area contributed by atoms with E-state index in [9.17, 15) is 4.79 Å². The first-order chi connectivity index (χ1) is 13.5. The van der Waals surface area contributed by atoms with Gasteiger partial charge in [0.05, 0.1) is 16.8 Å². The molecule has 3 aromatic rings. The number of carbonyl (C=O) groups excluding carboxylic acids is 1. The fraction of sp³-hybridized carbons (Fsp3) is 0.333. The van der Waals surface area contributed by atoms with E-state index in [0.29, 0.717) is 10.9 Å². The number of hydrogen-bond acceptors (Lipinski definition) is 2. The van der Waals surface area contributed by atoms with Crippen LogP contribution in [0.15, 0.2) is 48.5 Å². The summed E-state index contributed by atoms with van der Waals surface area (Å²) in [6.07, 6.45) is 4.66. The molecule has 2 aromatic carbocycles. The van der Waals surface area contributed by atoms with Crippen LogP contribution in [0.2, 0.25) is 5.02 Å². The molecular weight excluding hydrogens is 368 g/mol. The van der Waals surface area contributed by atoms with E-state index in [1.807, 2.05) is 55.5 Å². The van der Waals surface area contributed by atoms with Crippen LogP contribution in [0.5, 0.6) is 0 Å². The molecular formula is C24H25ClN2O. The van der Waals surface area contributed by atoms with Gasteiger partial charge in [0, 0.05) is 22.0 Å². The van der Waals surface area contributed by atoms with Crippen molar-refractivity contribution in [2.45, 2.75) is 45.6 Å². The number of carbonyl (C=O) groups is 1. The van der Waals surface area contributed by atoms with Gasteiger partial charge in [0.2, 0.25) is 0 Å². The zero-order chi connectivity index (χ0) is 19.7. The molecule has 144 valence electrons. The molecule has 3 nitrogen and oxygen atoms in total.